The molecule has 3 heteroatoms. The van der Waals surface area contributed by atoms with Crippen LogP contribution in [-0.4, -0.2) is 7.11 Å². The molecule has 0 heterocycles. The Hall–Kier alpha value is -1.84. The fourth-order valence-corrected chi connectivity index (χ4v) is 2.62. The van der Waals surface area contributed by atoms with Crippen molar-refractivity contribution in [2.45, 2.75) is 32.2 Å². The number of hydrazine groups is 1. The molecule has 1 atom stereocenters. The van der Waals surface area contributed by atoms with Crippen LogP contribution in [0.15, 0.2) is 48.5 Å². The Bertz CT molecular complexity index is 569. The van der Waals surface area contributed by atoms with Gasteiger partial charge in [0, 0.05) is 0 Å². The van der Waals surface area contributed by atoms with Crippen molar-refractivity contribution in [3.63, 3.8) is 0 Å². The lowest BCUT2D eigenvalue weighted by atomic mass is 9.96. The molecular formula is C18H24N2O. The summed E-state index contributed by atoms with van der Waals surface area (Å²) in [7, 11) is 1.70. The van der Waals surface area contributed by atoms with E-state index >= 15 is 0 Å². The first-order chi connectivity index (χ1) is 10.3. The molecule has 112 valence electrons. The topological polar surface area (TPSA) is 47.3 Å². The van der Waals surface area contributed by atoms with Gasteiger partial charge < -0.3 is 4.74 Å². The van der Waals surface area contributed by atoms with Gasteiger partial charge in [0.05, 0.1) is 13.2 Å². The molecule has 2 aromatic carbocycles. The van der Waals surface area contributed by atoms with Crippen molar-refractivity contribution in [1.82, 2.24) is 5.43 Å². The Morgan fingerprint density at radius 3 is 2.67 bits per heavy atom. The van der Waals surface area contributed by atoms with Crippen LogP contribution in [0.1, 0.15) is 36.1 Å². The molecule has 1 unspecified atom stereocenters. The number of rotatable bonds is 7. The van der Waals surface area contributed by atoms with Crippen molar-refractivity contribution in [3.05, 3.63) is 65.2 Å². The molecule has 0 bridgehead atoms. The summed E-state index contributed by atoms with van der Waals surface area (Å²) < 4.78 is 5.42. The van der Waals surface area contributed by atoms with Gasteiger partial charge in [0.15, 0.2) is 0 Å². The molecule has 0 amide bonds. The number of hydrogen-bond donors (Lipinski definition) is 2. The standard InChI is InChI=1S/C18H24N2O/c1-3-7-14-8-6-10-15(12-14)17(20-19)13-16-9-4-5-11-18(16)21-2/h4-6,8-12,17,20H,3,7,13,19H2,1-2H3. The smallest absolute Gasteiger partial charge is 0.122 e. The summed E-state index contributed by atoms with van der Waals surface area (Å²) in [6, 6.07) is 16.8. The Morgan fingerprint density at radius 2 is 1.95 bits per heavy atom. The first-order valence-corrected chi connectivity index (χ1v) is 7.45. The average Bonchev–Trinajstić information content (AvgIpc) is 2.53. The maximum absolute atomic E-state index is 5.78. The summed E-state index contributed by atoms with van der Waals surface area (Å²) in [5.74, 6) is 6.68. The molecule has 0 radical (unpaired) electrons. The maximum Gasteiger partial charge on any atom is 0.122 e. The third-order valence-corrected chi connectivity index (χ3v) is 3.71. The molecule has 0 aliphatic heterocycles. The van der Waals surface area contributed by atoms with Crippen LogP contribution in [-0.2, 0) is 12.8 Å². The predicted octanol–water partition coefficient (Wildman–Crippen LogP) is 3.39. The SMILES string of the molecule is CCCc1cccc(C(Cc2ccccc2OC)NN)c1. The molecule has 0 aliphatic rings. The Labute approximate surface area is 127 Å². The second kappa shape index (κ2) is 7.81. The molecule has 3 N–H and O–H groups in total. The highest BCUT2D eigenvalue weighted by molar-refractivity contribution is 5.36. The summed E-state index contributed by atoms with van der Waals surface area (Å²) in [4.78, 5) is 0. The van der Waals surface area contributed by atoms with Crippen molar-refractivity contribution in [2.75, 3.05) is 7.11 Å². The van der Waals surface area contributed by atoms with Crippen molar-refractivity contribution >= 4 is 0 Å². The summed E-state index contributed by atoms with van der Waals surface area (Å²) >= 11 is 0. The first-order valence-electron chi connectivity index (χ1n) is 7.45. The number of methoxy groups -OCH3 is 1. The van der Waals surface area contributed by atoms with Crippen LogP contribution >= 0.6 is 0 Å². The van der Waals surface area contributed by atoms with Gasteiger partial charge in [0.1, 0.15) is 5.75 Å². The number of benzene rings is 2. The molecule has 0 saturated heterocycles. The van der Waals surface area contributed by atoms with E-state index in [-0.39, 0.29) is 6.04 Å². The molecule has 2 rings (SSSR count). The normalized spacial score (nSPS) is 12.1. The second-order valence-electron chi connectivity index (χ2n) is 5.23. The van der Waals surface area contributed by atoms with Crippen LogP contribution in [0, 0.1) is 0 Å². The summed E-state index contributed by atoms with van der Waals surface area (Å²) in [5.41, 5.74) is 6.66. The van der Waals surface area contributed by atoms with Crippen LogP contribution in [0.3, 0.4) is 0 Å². The number of hydrogen-bond acceptors (Lipinski definition) is 3. The number of nitrogens with one attached hydrogen (secondary N) is 1. The molecule has 0 spiro atoms. The van der Waals surface area contributed by atoms with Gasteiger partial charge >= 0.3 is 0 Å². The fourth-order valence-electron chi connectivity index (χ4n) is 2.62. The minimum Gasteiger partial charge on any atom is -0.496 e. The van der Waals surface area contributed by atoms with Gasteiger partial charge in [-0.05, 0) is 35.6 Å². The lowest BCUT2D eigenvalue weighted by Crippen LogP contribution is -2.29. The first kappa shape index (κ1) is 15.5. The monoisotopic (exact) mass is 284 g/mol. The van der Waals surface area contributed by atoms with Gasteiger partial charge in [0.2, 0.25) is 0 Å². The molecule has 0 fully saturated rings. The highest BCUT2D eigenvalue weighted by Crippen LogP contribution is 2.25. The highest BCUT2D eigenvalue weighted by Gasteiger charge is 2.13. The Morgan fingerprint density at radius 1 is 1.14 bits per heavy atom. The summed E-state index contributed by atoms with van der Waals surface area (Å²) in [5, 5.41) is 0. The van der Waals surface area contributed by atoms with E-state index in [1.165, 1.54) is 11.1 Å². The van der Waals surface area contributed by atoms with Crippen molar-refractivity contribution in [2.24, 2.45) is 5.84 Å². The molecular weight excluding hydrogens is 260 g/mol. The van der Waals surface area contributed by atoms with E-state index in [0.29, 0.717) is 0 Å². The van der Waals surface area contributed by atoms with Gasteiger partial charge in [-0.2, -0.15) is 0 Å². The average molecular weight is 284 g/mol. The zero-order valence-corrected chi connectivity index (χ0v) is 12.8. The Balaban J connectivity index is 2.21. The number of nitrogens with two attached hydrogens (primary N) is 1. The fraction of sp³-hybridized carbons (Fsp3) is 0.333. The van der Waals surface area contributed by atoms with Crippen LogP contribution in [0.25, 0.3) is 0 Å². The van der Waals surface area contributed by atoms with Gasteiger partial charge in [-0.3, -0.25) is 11.3 Å². The van der Waals surface area contributed by atoms with Crippen molar-refractivity contribution in [3.8, 4) is 5.75 Å². The zero-order valence-electron chi connectivity index (χ0n) is 12.8. The maximum atomic E-state index is 5.78. The largest absolute Gasteiger partial charge is 0.496 e. The molecule has 3 nitrogen and oxygen atoms in total. The van der Waals surface area contributed by atoms with Crippen LogP contribution in [0.2, 0.25) is 0 Å². The molecule has 2 aromatic rings. The van der Waals surface area contributed by atoms with E-state index in [2.05, 4.69) is 42.7 Å². The van der Waals surface area contributed by atoms with Gasteiger partial charge in [0.25, 0.3) is 0 Å². The highest BCUT2D eigenvalue weighted by atomic mass is 16.5. The quantitative estimate of drug-likeness (QED) is 0.605. The number of para-hydroxylation sites is 1. The summed E-state index contributed by atoms with van der Waals surface area (Å²) in [6.07, 6.45) is 3.05. The lowest BCUT2D eigenvalue weighted by molar-refractivity contribution is 0.405. The lowest BCUT2D eigenvalue weighted by Gasteiger charge is -2.19. The number of aryl methyl sites for hydroxylation is 1. The van der Waals surface area contributed by atoms with E-state index in [9.17, 15) is 0 Å². The van der Waals surface area contributed by atoms with Crippen molar-refractivity contribution in [1.29, 1.82) is 0 Å². The molecule has 0 aliphatic carbocycles. The molecule has 0 saturated carbocycles. The Kier molecular flexibility index (Phi) is 5.78. The minimum atomic E-state index is 0.0816. The van der Waals surface area contributed by atoms with Gasteiger partial charge in [-0.15, -0.1) is 0 Å². The second-order valence-corrected chi connectivity index (χ2v) is 5.23. The predicted molar refractivity (Wildman–Crippen MR) is 87.2 cm³/mol. The van der Waals surface area contributed by atoms with E-state index < -0.39 is 0 Å². The van der Waals surface area contributed by atoms with Crippen LogP contribution in [0.5, 0.6) is 5.75 Å². The molecule has 0 aromatic heterocycles. The van der Waals surface area contributed by atoms with E-state index in [0.717, 1.165) is 30.6 Å². The third-order valence-electron chi connectivity index (χ3n) is 3.71. The third kappa shape index (κ3) is 4.06. The number of ether oxygens (including phenoxy) is 1. The van der Waals surface area contributed by atoms with Gasteiger partial charge in [-0.25, -0.2) is 0 Å². The molecule has 21 heavy (non-hydrogen) atoms. The van der Waals surface area contributed by atoms with Gasteiger partial charge in [-0.1, -0.05) is 55.8 Å². The van der Waals surface area contributed by atoms with Crippen LogP contribution < -0.4 is 16.0 Å². The summed E-state index contributed by atoms with van der Waals surface area (Å²) in [6.45, 7) is 2.19. The minimum absolute atomic E-state index is 0.0816. The zero-order chi connectivity index (χ0) is 15.1. The van der Waals surface area contributed by atoms with Crippen LogP contribution in [0.4, 0.5) is 0 Å². The van der Waals surface area contributed by atoms with Crippen molar-refractivity contribution < 1.29 is 4.74 Å². The van der Waals surface area contributed by atoms with E-state index in [1.54, 1.807) is 7.11 Å². The van der Waals surface area contributed by atoms with E-state index in [4.69, 9.17) is 10.6 Å². The van der Waals surface area contributed by atoms with E-state index in [1.807, 2.05) is 18.2 Å².